The van der Waals surface area contributed by atoms with Gasteiger partial charge in [0.05, 0.1) is 52.4 Å². The molecule has 66 heavy (non-hydrogen) atoms. The first-order chi connectivity index (χ1) is 31.8. The molecule has 5 aromatic rings. The van der Waals surface area contributed by atoms with Crippen molar-refractivity contribution in [3.8, 4) is 29.0 Å². The molecular formula is C43H39F2N11O9S. The molecule has 2 N–H and O–H groups in total. The number of piperidine rings is 1. The van der Waals surface area contributed by atoms with E-state index in [1.54, 1.807) is 18.2 Å². The molecule has 2 atom stereocenters. The monoisotopic (exact) mass is 923 g/mol. The predicted molar refractivity (Wildman–Crippen MR) is 230 cm³/mol. The quantitative estimate of drug-likeness (QED) is 0.127. The second kappa shape index (κ2) is 17.9. The molecule has 9 rings (SSSR count). The van der Waals surface area contributed by atoms with Crippen molar-refractivity contribution in [1.82, 2.24) is 38.9 Å². The summed E-state index contributed by atoms with van der Waals surface area (Å²) in [5.41, 5.74) is -0.400. The topological polar surface area (TPSA) is 242 Å². The van der Waals surface area contributed by atoms with Crippen LogP contribution in [-0.4, -0.2) is 130 Å². The Morgan fingerprint density at radius 3 is 2.45 bits per heavy atom. The number of anilines is 2. The highest BCUT2D eigenvalue weighted by atomic mass is 32.2. The van der Waals surface area contributed by atoms with Crippen molar-refractivity contribution in [3.05, 3.63) is 100 Å². The third-order valence-corrected chi connectivity index (χ3v) is 13.2. The van der Waals surface area contributed by atoms with Gasteiger partial charge in [-0.2, -0.15) is 18.0 Å². The number of aromatic nitrogens is 4. The van der Waals surface area contributed by atoms with Crippen LogP contribution < -0.4 is 30.0 Å². The molecule has 0 bridgehead atoms. The first-order valence-electron chi connectivity index (χ1n) is 20.9. The zero-order valence-electron chi connectivity index (χ0n) is 34.9. The molecule has 6 heterocycles. The van der Waals surface area contributed by atoms with Crippen LogP contribution in [0.25, 0.3) is 16.6 Å². The van der Waals surface area contributed by atoms with Gasteiger partial charge in [-0.25, -0.2) is 23.7 Å². The highest BCUT2D eigenvalue weighted by Gasteiger charge is 2.46. The molecule has 3 saturated heterocycles. The number of piperazine rings is 1. The van der Waals surface area contributed by atoms with E-state index < -0.39 is 68.7 Å². The minimum absolute atomic E-state index is 0.0250. The van der Waals surface area contributed by atoms with Gasteiger partial charge in [-0.3, -0.25) is 48.4 Å². The molecule has 0 spiro atoms. The van der Waals surface area contributed by atoms with E-state index in [0.717, 1.165) is 21.3 Å². The second-order valence-corrected chi connectivity index (χ2v) is 17.5. The lowest BCUT2D eigenvalue weighted by Gasteiger charge is -2.34. The fourth-order valence-electron chi connectivity index (χ4n) is 8.28. The van der Waals surface area contributed by atoms with Crippen molar-refractivity contribution >= 4 is 56.4 Å². The Hall–Kier alpha value is -7.42. The van der Waals surface area contributed by atoms with Crippen molar-refractivity contribution in [2.45, 2.75) is 37.9 Å². The lowest BCUT2D eigenvalue weighted by atomic mass is 10.0. The molecule has 3 aromatic carbocycles. The summed E-state index contributed by atoms with van der Waals surface area (Å²) in [7, 11) is -4.26. The van der Waals surface area contributed by atoms with Crippen LogP contribution in [0.1, 0.15) is 52.0 Å². The van der Waals surface area contributed by atoms with Crippen LogP contribution >= 0.6 is 0 Å². The van der Waals surface area contributed by atoms with E-state index in [-0.39, 0.29) is 72.7 Å². The normalized spacial score (nSPS) is 19.2. The van der Waals surface area contributed by atoms with Crippen LogP contribution in [0.15, 0.2) is 72.0 Å². The number of benzene rings is 3. The lowest BCUT2D eigenvalue weighted by molar-refractivity contribution is -0.136. The van der Waals surface area contributed by atoms with Crippen molar-refractivity contribution in [2.75, 3.05) is 62.0 Å². The number of imide groups is 2. The highest BCUT2D eigenvalue weighted by molar-refractivity contribution is 7.90. The number of nitrogens with zero attached hydrogens (tertiary/aromatic N) is 9. The van der Waals surface area contributed by atoms with E-state index in [1.165, 1.54) is 47.6 Å². The van der Waals surface area contributed by atoms with Crippen molar-refractivity contribution in [2.24, 2.45) is 0 Å². The van der Waals surface area contributed by atoms with Crippen molar-refractivity contribution in [3.63, 3.8) is 0 Å². The SMILES string of the molecule is N#Cc1c(NS(=O)(=O)N2CC[C@@H](F)C2)ccc(F)c1Oc1ccc2ncn(-c3cnc(N4CCN(CCCOc5cccc6c5C(=O)N(C5CCC(=O)NC5=O)C6=O)CC4)nc3)c(=O)c2c1. The molecule has 4 amide bonds. The summed E-state index contributed by atoms with van der Waals surface area (Å²) in [6.07, 6.45) is 3.69. The fourth-order valence-corrected chi connectivity index (χ4v) is 9.56. The lowest BCUT2D eigenvalue weighted by Crippen LogP contribution is -2.54. The Balaban J connectivity index is 0.800. The number of fused-ring (bicyclic) bond motifs is 2. The van der Waals surface area contributed by atoms with Crippen LogP contribution in [0.5, 0.6) is 17.2 Å². The van der Waals surface area contributed by atoms with Gasteiger partial charge in [-0.15, -0.1) is 0 Å². The molecule has 4 aliphatic heterocycles. The Morgan fingerprint density at radius 1 is 0.939 bits per heavy atom. The zero-order valence-corrected chi connectivity index (χ0v) is 35.7. The van der Waals surface area contributed by atoms with Crippen LogP contribution in [0.2, 0.25) is 0 Å². The number of carbonyl (C=O) groups excluding carboxylic acids is 4. The Morgan fingerprint density at radius 2 is 1.73 bits per heavy atom. The maximum Gasteiger partial charge on any atom is 0.301 e. The maximum atomic E-state index is 15.1. The van der Waals surface area contributed by atoms with Gasteiger partial charge in [0.25, 0.3) is 17.4 Å². The predicted octanol–water partition coefficient (Wildman–Crippen LogP) is 2.67. The summed E-state index contributed by atoms with van der Waals surface area (Å²) in [6.45, 7) is 3.15. The summed E-state index contributed by atoms with van der Waals surface area (Å²) < 4.78 is 70.8. The Bertz CT molecular complexity index is 3010. The summed E-state index contributed by atoms with van der Waals surface area (Å²) >= 11 is 0. The molecule has 3 fully saturated rings. The van der Waals surface area contributed by atoms with E-state index in [9.17, 15) is 42.0 Å². The average molecular weight is 924 g/mol. The standard InChI is InChI=1S/C43H39F2N11O9S/c44-25-11-13-54(23-25)66(62,63)51-33-8-6-31(45)38(30(33)20-46)65-27-5-7-32-29(19-27)40(59)55(24-49-32)26-21-47-43(48-22-26)53-16-14-52(15-17-53)12-2-18-64-35-4-1-3-28-37(35)42(61)56(41(28)60)34-9-10-36(57)50-39(34)58/h1,3-8,19,21-22,24-25,34,51H,2,9-18,23H2,(H,50,57,58)/t25-,34?/m1/s1. The van der Waals surface area contributed by atoms with Gasteiger partial charge in [-0.1, -0.05) is 6.07 Å². The molecule has 0 saturated carbocycles. The summed E-state index contributed by atoms with van der Waals surface area (Å²) in [4.78, 5) is 82.9. The van der Waals surface area contributed by atoms with Gasteiger partial charge in [-0.05, 0) is 61.7 Å². The largest absolute Gasteiger partial charge is 0.493 e. The molecule has 4 aliphatic rings. The molecule has 0 aliphatic carbocycles. The number of halogens is 2. The van der Waals surface area contributed by atoms with Crippen molar-refractivity contribution < 1.29 is 45.9 Å². The van der Waals surface area contributed by atoms with Gasteiger partial charge >= 0.3 is 10.2 Å². The van der Waals surface area contributed by atoms with Crippen LogP contribution in [0.3, 0.4) is 0 Å². The van der Waals surface area contributed by atoms with Gasteiger partial charge in [0, 0.05) is 52.2 Å². The van der Waals surface area contributed by atoms with Crippen LogP contribution in [-0.2, 0) is 19.8 Å². The average Bonchev–Trinajstić information content (AvgIpc) is 3.87. The Kier molecular flexibility index (Phi) is 11.9. The number of carbonyl (C=O) groups is 4. The smallest absolute Gasteiger partial charge is 0.301 e. The molecule has 20 nitrogen and oxygen atoms in total. The first-order valence-corrected chi connectivity index (χ1v) is 22.3. The summed E-state index contributed by atoms with van der Waals surface area (Å²) in [6, 6.07) is 11.6. The minimum Gasteiger partial charge on any atom is -0.493 e. The van der Waals surface area contributed by atoms with Crippen LogP contribution in [0.4, 0.5) is 20.4 Å². The van der Waals surface area contributed by atoms with Gasteiger partial charge in [0.1, 0.15) is 41.7 Å². The van der Waals surface area contributed by atoms with E-state index >= 15 is 4.39 Å². The van der Waals surface area contributed by atoms with Gasteiger partial charge in [0.2, 0.25) is 17.8 Å². The van der Waals surface area contributed by atoms with Gasteiger partial charge < -0.3 is 14.4 Å². The number of hydrogen-bond donors (Lipinski definition) is 2. The highest BCUT2D eigenvalue weighted by Crippen LogP contribution is 2.36. The van der Waals surface area contributed by atoms with E-state index in [2.05, 4.69) is 29.9 Å². The molecule has 2 aromatic heterocycles. The molecular weight excluding hydrogens is 885 g/mol. The molecule has 0 radical (unpaired) electrons. The summed E-state index contributed by atoms with van der Waals surface area (Å²) in [5.74, 6) is -3.26. The third-order valence-electron chi connectivity index (χ3n) is 11.7. The number of amides is 4. The number of alkyl halides is 1. The maximum absolute atomic E-state index is 15.1. The molecule has 1 unspecified atom stereocenters. The number of hydrogen-bond acceptors (Lipinski definition) is 15. The first kappa shape index (κ1) is 43.8. The van der Waals surface area contributed by atoms with Crippen molar-refractivity contribution in [1.29, 1.82) is 5.26 Å². The fraction of sp³-hybridized carbons (Fsp3) is 0.326. The number of ether oxygens (including phenoxy) is 2. The third kappa shape index (κ3) is 8.48. The minimum atomic E-state index is -4.26. The molecule has 23 heteroatoms. The number of rotatable bonds is 13. The number of nitrogens with one attached hydrogen (secondary N) is 2. The van der Waals surface area contributed by atoms with Crippen LogP contribution in [0, 0.1) is 17.1 Å². The summed E-state index contributed by atoms with van der Waals surface area (Å²) in [5, 5.41) is 12.2. The van der Waals surface area contributed by atoms with E-state index in [4.69, 9.17) is 9.47 Å². The Labute approximate surface area is 374 Å². The molecule has 340 valence electrons. The second-order valence-electron chi connectivity index (χ2n) is 15.9. The van der Waals surface area contributed by atoms with E-state index in [1.807, 2.05) is 4.90 Å². The zero-order chi connectivity index (χ0) is 46.3. The van der Waals surface area contributed by atoms with E-state index in [0.29, 0.717) is 56.3 Å². The van der Waals surface area contributed by atoms with Gasteiger partial charge in [0.15, 0.2) is 11.6 Å². The number of nitriles is 1.